The number of nitrogens with zero attached hydrogens (tertiary/aromatic N) is 2. The minimum atomic E-state index is -0.522. The van der Waals surface area contributed by atoms with E-state index in [9.17, 15) is 9.59 Å². The van der Waals surface area contributed by atoms with Crippen LogP contribution >= 0.6 is 0 Å². The van der Waals surface area contributed by atoms with Crippen molar-refractivity contribution < 1.29 is 14.3 Å². The van der Waals surface area contributed by atoms with Crippen LogP contribution in [0.3, 0.4) is 0 Å². The van der Waals surface area contributed by atoms with Crippen molar-refractivity contribution in [2.75, 3.05) is 19.6 Å². The van der Waals surface area contributed by atoms with E-state index in [-0.39, 0.29) is 17.9 Å². The van der Waals surface area contributed by atoms with Crippen molar-refractivity contribution >= 4 is 11.8 Å². The van der Waals surface area contributed by atoms with Gasteiger partial charge in [-0.15, -0.1) is 0 Å². The van der Waals surface area contributed by atoms with Crippen molar-refractivity contribution in [2.45, 2.75) is 58.1 Å². The van der Waals surface area contributed by atoms with Crippen LogP contribution in [-0.2, 0) is 9.59 Å². The number of benzene rings is 2. The number of carbonyl (C=O) groups is 2. The number of rotatable bonds is 5. The number of aryl methyl sites for hydroxylation is 2. The third kappa shape index (κ3) is 4.92. The molecule has 0 aromatic heterocycles. The van der Waals surface area contributed by atoms with Crippen LogP contribution in [0.25, 0.3) is 0 Å². The Morgan fingerprint density at radius 1 is 0.968 bits per heavy atom. The minimum Gasteiger partial charge on any atom is -0.490 e. The van der Waals surface area contributed by atoms with Crippen molar-refractivity contribution in [1.82, 2.24) is 9.80 Å². The summed E-state index contributed by atoms with van der Waals surface area (Å²) in [6.07, 6.45) is 4.10. The molecule has 2 aromatic rings. The molecule has 0 bridgehead atoms. The van der Waals surface area contributed by atoms with Gasteiger partial charge in [0.2, 0.25) is 11.8 Å². The Hall–Kier alpha value is -2.82. The number of hydrogen-bond acceptors (Lipinski definition) is 3. The highest BCUT2D eigenvalue weighted by atomic mass is 16.5. The summed E-state index contributed by atoms with van der Waals surface area (Å²) in [5, 5.41) is 0. The Kier molecular flexibility index (Phi) is 6.59. The van der Waals surface area contributed by atoms with Gasteiger partial charge in [0.05, 0.1) is 0 Å². The van der Waals surface area contributed by atoms with Crippen LogP contribution < -0.4 is 4.74 Å². The van der Waals surface area contributed by atoms with Gasteiger partial charge in [0.1, 0.15) is 17.9 Å². The van der Waals surface area contributed by atoms with Crippen molar-refractivity contribution in [3.63, 3.8) is 0 Å². The zero-order valence-corrected chi connectivity index (χ0v) is 18.5. The van der Waals surface area contributed by atoms with E-state index >= 15 is 0 Å². The van der Waals surface area contributed by atoms with Gasteiger partial charge in [-0.05, 0) is 55.5 Å². The first kappa shape index (κ1) is 21.4. The molecule has 2 heterocycles. The Bertz CT molecular complexity index is 920. The molecule has 0 N–H and O–H groups in total. The van der Waals surface area contributed by atoms with E-state index in [1.807, 2.05) is 41.3 Å². The molecule has 0 spiro atoms. The lowest BCUT2D eigenvalue weighted by Crippen LogP contribution is -2.50. The standard InChI is InChI=1S/C26H32N2O3/c1-19-11-12-23(18-20(19)2)31-22-13-16-27(17-14-22)26(30)25(21-8-4-3-5-9-21)28-15-7-6-10-24(28)29/h3-5,8-9,11-12,18,22,25H,6-7,10,13-17H2,1-2H3. The van der Waals surface area contributed by atoms with Crippen molar-refractivity contribution in [2.24, 2.45) is 0 Å². The Morgan fingerprint density at radius 3 is 2.39 bits per heavy atom. The van der Waals surface area contributed by atoms with E-state index in [1.165, 1.54) is 11.1 Å². The summed E-state index contributed by atoms with van der Waals surface area (Å²) < 4.78 is 6.20. The molecule has 2 aliphatic heterocycles. The number of piperidine rings is 2. The van der Waals surface area contributed by atoms with Crippen LogP contribution in [0.1, 0.15) is 54.8 Å². The first-order valence-corrected chi connectivity index (χ1v) is 11.4. The van der Waals surface area contributed by atoms with Gasteiger partial charge in [0.15, 0.2) is 0 Å². The smallest absolute Gasteiger partial charge is 0.250 e. The normalized spacial score (nSPS) is 18.7. The summed E-state index contributed by atoms with van der Waals surface area (Å²) in [6, 6.07) is 15.4. The van der Waals surface area contributed by atoms with Crippen molar-refractivity contribution in [1.29, 1.82) is 0 Å². The average molecular weight is 421 g/mol. The van der Waals surface area contributed by atoms with E-state index in [2.05, 4.69) is 26.0 Å². The first-order valence-electron chi connectivity index (χ1n) is 11.4. The van der Waals surface area contributed by atoms with Crippen LogP contribution in [0, 0.1) is 13.8 Å². The molecule has 0 aliphatic carbocycles. The van der Waals surface area contributed by atoms with Gasteiger partial charge in [-0.1, -0.05) is 36.4 Å². The number of carbonyl (C=O) groups excluding carboxylic acids is 2. The van der Waals surface area contributed by atoms with Crippen molar-refractivity contribution in [3.05, 3.63) is 65.2 Å². The summed E-state index contributed by atoms with van der Waals surface area (Å²) in [7, 11) is 0. The van der Waals surface area contributed by atoms with Gasteiger partial charge in [0.25, 0.3) is 0 Å². The molecule has 5 heteroatoms. The predicted octanol–water partition coefficient (Wildman–Crippen LogP) is 4.43. The molecule has 2 aliphatic rings. The molecule has 4 rings (SSSR count). The number of hydrogen-bond donors (Lipinski definition) is 0. The molecule has 5 nitrogen and oxygen atoms in total. The second-order valence-corrected chi connectivity index (χ2v) is 8.75. The fourth-order valence-electron chi connectivity index (χ4n) is 4.54. The summed E-state index contributed by atoms with van der Waals surface area (Å²) in [5.74, 6) is 1.02. The largest absolute Gasteiger partial charge is 0.490 e. The van der Waals surface area contributed by atoms with E-state index in [0.29, 0.717) is 26.1 Å². The summed E-state index contributed by atoms with van der Waals surface area (Å²) in [4.78, 5) is 29.9. The average Bonchev–Trinajstić information content (AvgIpc) is 2.79. The van der Waals surface area contributed by atoms with Crippen LogP contribution in [0.2, 0.25) is 0 Å². The number of amides is 2. The molecule has 1 atom stereocenters. The van der Waals surface area contributed by atoms with Crippen LogP contribution in [0.4, 0.5) is 0 Å². The van der Waals surface area contributed by atoms with E-state index < -0.39 is 6.04 Å². The van der Waals surface area contributed by atoms with Gasteiger partial charge in [0, 0.05) is 38.9 Å². The molecule has 2 amide bonds. The Balaban J connectivity index is 1.43. The monoisotopic (exact) mass is 420 g/mol. The van der Waals surface area contributed by atoms with Gasteiger partial charge < -0.3 is 14.5 Å². The molecule has 0 saturated carbocycles. The van der Waals surface area contributed by atoms with Crippen molar-refractivity contribution in [3.8, 4) is 5.75 Å². The zero-order valence-electron chi connectivity index (χ0n) is 18.5. The van der Waals surface area contributed by atoms with Gasteiger partial charge in [-0.3, -0.25) is 9.59 Å². The van der Waals surface area contributed by atoms with Crippen LogP contribution in [-0.4, -0.2) is 47.4 Å². The van der Waals surface area contributed by atoms with E-state index in [4.69, 9.17) is 4.74 Å². The summed E-state index contributed by atoms with van der Waals surface area (Å²) >= 11 is 0. The highest BCUT2D eigenvalue weighted by Gasteiger charge is 2.36. The highest BCUT2D eigenvalue weighted by Crippen LogP contribution is 2.29. The minimum absolute atomic E-state index is 0.0334. The Morgan fingerprint density at radius 2 is 1.71 bits per heavy atom. The Labute approximate surface area is 185 Å². The zero-order chi connectivity index (χ0) is 21.8. The third-order valence-corrected chi connectivity index (χ3v) is 6.56. The van der Waals surface area contributed by atoms with Crippen LogP contribution in [0.15, 0.2) is 48.5 Å². The molecule has 2 fully saturated rings. The molecule has 2 aromatic carbocycles. The van der Waals surface area contributed by atoms with Crippen LogP contribution in [0.5, 0.6) is 5.75 Å². The maximum atomic E-state index is 13.6. The predicted molar refractivity (Wildman–Crippen MR) is 121 cm³/mol. The molecule has 31 heavy (non-hydrogen) atoms. The second kappa shape index (κ2) is 9.54. The number of likely N-dealkylation sites (tertiary alicyclic amines) is 2. The lowest BCUT2D eigenvalue weighted by atomic mass is 9.98. The molecule has 164 valence electrons. The topological polar surface area (TPSA) is 49.9 Å². The second-order valence-electron chi connectivity index (χ2n) is 8.75. The fraction of sp³-hybridized carbons (Fsp3) is 0.462. The third-order valence-electron chi connectivity index (χ3n) is 6.56. The van der Waals surface area contributed by atoms with E-state index in [0.717, 1.165) is 37.0 Å². The SMILES string of the molecule is Cc1ccc(OC2CCN(C(=O)C(c3ccccc3)N3CCCCC3=O)CC2)cc1C. The quantitative estimate of drug-likeness (QED) is 0.719. The number of ether oxygens (including phenoxy) is 1. The van der Waals surface area contributed by atoms with Gasteiger partial charge >= 0.3 is 0 Å². The maximum Gasteiger partial charge on any atom is 0.250 e. The molecule has 2 saturated heterocycles. The lowest BCUT2D eigenvalue weighted by Gasteiger charge is -2.39. The molecular weight excluding hydrogens is 388 g/mol. The lowest BCUT2D eigenvalue weighted by molar-refractivity contribution is -0.149. The first-order chi connectivity index (χ1) is 15.0. The fourth-order valence-corrected chi connectivity index (χ4v) is 4.54. The van der Waals surface area contributed by atoms with Gasteiger partial charge in [-0.25, -0.2) is 0 Å². The molecular formula is C26H32N2O3. The van der Waals surface area contributed by atoms with Gasteiger partial charge in [-0.2, -0.15) is 0 Å². The van der Waals surface area contributed by atoms with E-state index in [1.54, 1.807) is 4.90 Å². The molecule has 0 radical (unpaired) electrons. The summed E-state index contributed by atoms with van der Waals surface area (Å²) in [5.41, 5.74) is 3.38. The maximum absolute atomic E-state index is 13.6. The molecule has 1 unspecified atom stereocenters. The summed E-state index contributed by atoms with van der Waals surface area (Å²) in [6.45, 7) is 6.14. The highest BCUT2D eigenvalue weighted by molar-refractivity contribution is 5.89.